The second-order valence-corrected chi connectivity index (χ2v) is 8.65. The maximum Gasteiger partial charge on any atom is 0.109 e. The van der Waals surface area contributed by atoms with Crippen molar-refractivity contribution in [1.82, 2.24) is 10.2 Å². The summed E-state index contributed by atoms with van der Waals surface area (Å²) < 4.78 is 6.91. The van der Waals surface area contributed by atoms with Crippen molar-refractivity contribution in [2.24, 2.45) is 5.73 Å². The molecule has 1 atom stereocenters. The molecule has 3 heterocycles. The van der Waals surface area contributed by atoms with Crippen LogP contribution in [-0.2, 0) is 17.7 Å². The van der Waals surface area contributed by atoms with Gasteiger partial charge in [-0.05, 0) is 43.2 Å². The Balaban J connectivity index is 1.50. The Bertz CT molecular complexity index is 842. The van der Waals surface area contributed by atoms with Crippen LogP contribution in [0, 0.1) is 6.92 Å². The van der Waals surface area contributed by atoms with Gasteiger partial charge in [-0.1, -0.05) is 6.07 Å². The van der Waals surface area contributed by atoms with Crippen molar-refractivity contribution in [2.75, 3.05) is 11.9 Å². The molecule has 0 amide bonds. The first-order valence-corrected chi connectivity index (χ1v) is 10.3. The fraction of sp³-hybridized carbons (Fsp3) is 0.444. The van der Waals surface area contributed by atoms with Gasteiger partial charge >= 0.3 is 0 Å². The molecule has 3 N–H and O–H groups in total. The predicted octanol–water partition coefficient (Wildman–Crippen LogP) is 3.72. The molecule has 25 heavy (non-hydrogen) atoms. The van der Waals surface area contributed by atoms with Gasteiger partial charge in [-0.2, -0.15) is 5.10 Å². The second-order valence-electron chi connectivity index (χ2n) is 6.52. The molecule has 1 fully saturated rings. The molecule has 0 spiro atoms. The minimum absolute atomic E-state index is 0.0304. The molecule has 3 aromatic heterocycles. The number of thiophene rings is 2. The van der Waals surface area contributed by atoms with Crippen LogP contribution in [0.2, 0.25) is 0 Å². The first-order chi connectivity index (χ1) is 12.2. The van der Waals surface area contributed by atoms with Crippen molar-refractivity contribution in [3.05, 3.63) is 39.0 Å². The van der Waals surface area contributed by atoms with Gasteiger partial charge in [0.15, 0.2) is 0 Å². The molecule has 0 aliphatic heterocycles. The summed E-state index contributed by atoms with van der Waals surface area (Å²) in [4.78, 5) is 2.58. The Kier molecular flexibility index (Phi) is 4.98. The van der Waals surface area contributed by atoms with E-state index in [9.17, 15) is 0 Å². The summed E-state index contributed by atoms with van der Waals surface area (Å²) in [5.41, 5.74) is 9.47. The van der Waals surface area contributed by atoms with E-state index in [4.69, 9.17) is 10.5 Å². The summed E-state index contributed by atoms with van der Waals surface area (Å²) in [5.74, 6) is 0. The Morgan fingerprint density at radius 1 is 1.44 bits per heavy atom. The highest BCUT2D eigenvalue weighted by Crippen LogP contribution is 2.35. The molecule has 0 radical (unpaired) electrons. The van der Waals surface area contributed by atoms with Crippen molar-refractivity contribution >= 4 is 38.6 Å². The lowest BCUT2D eigenvalue weighted by atomic mass is 10.1. The number of fused-ring (bicyclic) bond motifs is 1. The van der Waals surface area contributed by atoms with Crippen LogP contribution in [0.1, 0.15) is 28.2 Å². The average Bonchev–Trinajstić information content (AvgIpc) is 3.20. The van der Waals surface area contributed by atoms with Gasteiger partial charge < -0.3 is 15.8 Å². The maximum absolute atomic E-state index is 6.26. The summed E-state index contributed by atoms with van der Waals surface area (Å²) in [6, 6.07) is 4.23. The number of aromatic nitrogens is 2. The van der Waals surface area contributed by atoms with Crippen molar-refractivity contribution in [1.29, 1.82) is 0 Å². The summed E-state index contributed by atoms with van der Waals surface area (Å²) in [7, 11) is 0. The zero-order valence-electron chi connectivity index (χ0n) is 14.2. The van der Waals surface area contributed by atoms with E-state index < -0.39 is 0 Å². The lowest BCUT2D eigenvalue weighted by Crippen LogP contribution is -2.29. The van der Waals surface area contributed by atoms with Crippen molar-refractivity contribution in [2.45, 2.75) is 44.9 Å². The summed E-state index contributed by atoms with van der Waals surface area (Å²) in [6.45, 7) is 3.55. The summed E-state index contributed by atoms with van der Waals surface area (Å²) >= 11 is 3.52. The van der Waals surface area contributed by atoms with E-state index >= 15 is 0 Å². The first kappa shape index (κ1) is 16.9. The Labute approximate surface area is 155 Å². The summed E-state index contributed by atoms with van der Waals surface area (Å²) in [5, 5.41) is 14.1. The van der Waals surface area contributed by atoms with Gasteiger partial charge in [-0.15, -0.1) is 27.8 Å². The van der Waals surface area contributed by atoms with Crippen LogP contribution in [0.5, 0.6) is 0 Å². The number of nitrogens with one attached hydrogen (secondary N) is 1. The number of rotatable bonds is 8. The van der Waals surface area contributed by atoms with Gasteiger partial charge in [0.25, 0.3) is 0 Å². The zero-order valence-corrected chi connectivity index (χ0v) is 15.8. The van der Waals surface area contributed by atoms with Gasteiger partial charge in [0, 0.05) is 22.3 Å². The third kappa shape index (κ3) is 4.00. The molecule has 4 rings (SSSR count). The molecular formula is C18H22N4OS2. The van der Waals surface area contributed by atoms with Crippen LogP contribution in [0.25, 0.3) is 10.2 Å². The molecule has 3 aromatic rings. The lowest BCUT2D eigenvalue weighted by molar-refractivity contribution is 0.107. The molecule has 0 unspecified atom stereocenters. The van der Waals surface area contributed by atoms with Crippen molar-refractivity contribution in [3.8, 4) is 0 Å². The minimum Gasteiger partial charge on any atom is -0.378 e. The molecule has 0 aromatic carbocycles. The maximum atomic E-state index is 6.26. The lowest BCUT2D eigenvalue weighted by Gasteiger charge is -2.11. The quantitative estimate of drug-likeness (QED) is 0.629. The molecular weight excluding hydrogens is 352 g/mol. The van der Waals surface area contributed by atoms with Gasteiger partial charge in [-0.3, -0.25) is 0 Å². The molecule has 5 nitrogen and oxygen atoms in total. The van der Waals surface area contributed by atoms with Crippen LogP contribution < -0.4 is 11.1 Å². The fourth-order valence-corrected chi connectivity index (χ4v) is 4.73. The monoisotopic (exact) mass is 374 g/mol. The standard InChI is InChI=1S/C18H22N4OS2/c1-11-16(7-12(19)10-23-13-4-5-13)25-18-15(9-21-22-17(11)18)20-8-14-3-2-6-24-14/h2-3,6,9,12-13H,4-5,7-8,10,19H2,1H3,(H,20,22)/t12-/m1/s1. The molecule has 1 saturated carbocycles. The number of ether oxygens (including phenoxy) is 1. The van der Waals surface area contributed by atoms with Gasteiger partial charge in [0.1, 0.15) is 5.52 Å². The Morgan fingerprint density at radius 2 is 2.32 bits per heavy atom. The number of nitrogens with two attached hydrogens (primary N) is 1. The number of hydrogen-bond donors (Lipinski definition) is 2. The number of aryl methyl sites for hydroxylation is 1. The average molecular weight is 375 g/mol. The number of nitrogens with zero attached hydrogens (tertiary/aromatic N) is 2. The van der Waals surface area contributed by atoms with E-state index in [-0.39, 0.29) is 6.04 Å². The SMILES string of the molecule is Cc1c(C[C@@H](N)COC2CC2)sc2c(NCc3cccs3)cnnc12. The highest BCUT2D eigenvalue weighted by Gasteiger charge is 2.23. The van der Waals surface area contributed by atoms with Gasteiger partial charge in [0.2, 0.25) is 0 Å². The number of anilines is 1. The number of hydrogen-bond acceptors (Lipinski definition) is 7. The van der Waals surface area contributed by atoms with Gasteiger partial charge in [0.05, 0.1) is 29.3 Å². The Hall–Kier alpha value is -1.54. The van der Waals surface area contributed by atoms with Crippen LogP contribution in [0.15, 0.2) is 23.7 Å². The molecule has 1 aliphatic carbocycles. The summed E-state index contributed by atoms with van der Waals surface area (Å²) in [6.07, 6.45) is 5.45. The smallest absolute Gasteiger partial charge is 0.109 e. The van der Waals surface area contributed by atoms with E-state index in [2.05, 4.69) is 40.0 Å². The van der Waals surface area contributed by atoms with E-state index in [0.29, 0.717) is 12.7 Å². The normalized spacial score (nSPS) is 15.6. The van der Waals surface area contributed by atoms with E-state index in [1.807, 2.05) is 6.20 Å². The molecule has 0 saturated heterocycles. The van der Waals surface area contributed by atoms with E-state index in [1.54, 1.807) is 22.7 Å². The fourth-order valence-electron chi connectivity index (χ4n) is 2.76. The van der Waals surface area contributed by atoms with Crippen LogP contribution >= 0.6 is 22.7 Å². The largest absolute Gasteiger partial charge is 0.378 e. The third-order valence-corrected chi connectivity index (χ3v) is 6.57. The molecule has 7 heteroatoms. The second kappa shape index (κ2) is 7.37. The highest BCUT2D eigenvalue weighted by molar-refractivity contribution is 7.19. The molecule has 1 aliphatic rings. The Morgan fingerprint density at radius 3 is 3.08 bits per heavy atom. The highest BCUT2D eigenvalue weighted by atomic mass is 32.1. The predicted molar refractivity (Wildman–Crippen MR) is 104 cm³/mol. The zero-order chi connectivity index (χ0) is 17.2. The molecule has 132 valence electrons. The van der Waals surface area contributed by atoms with Crippen LogP contribution in [0.3, 0.4) is 0 Å². The van der Waals surface area contributed by atoms with Crippen molar-refractivity contribution in [3.63, 3.8) is 0 Å². The molecule has 0 bridgehead atoms. The first-order valence-electron chi connectivity index (χ1n) is 8.58. The topological polar surface area (TPSA) is 73.1 Å². The third-order valence-electron chi connectivity index (χ3n) is 4.35. The van der Waals surface area contributed by atoms with Gasteiger partial charge in [-0.25, -0.2) is 0 Å². The van der Waals surface area contributed by atoms with E-state index in [0.717, 1.165) is 28.9 Å². The van der Waals surface area contributed by atoms with E-state index in [1.165, 1.54) is 28.2 Å². The van der Waals surface area contributed by atoms with Crippen molar-refractivity contribution < 1.29 is 4.74 Å². The van der Waals surface area contributed by atoms with Crippen LogP contribution in [0.4, 0.5) is 5.69 Å². The van der Waals surface area contributed by atoms with Crippen LogP contribution in [-0.4, -0.2) is 29.0 Å². The minimum atomic E-state index is 0.0304.